The highest BCUT2D eigenvalue weighted by Gasteiger charge is 2.51. The molecular weight excluding hydrogens is 252 g/mol. The molecule has 4 heteroatoms. The molecule has 1 aromatic rings. The third-order valence-electron chi connectivity index (χ3n) is 5.04. The molecule has 0 aliphatic carbocycles. The first kappa shape index (κ1) is 13.9. The third kappa shape index (κ3) is 2.22. The second-order valence-corrected chi connectivity index (χ2v) is 6.19. The minimum atomic E-state index is -0.737. The van der Waals surface area contributed by atoms with E-state index in [0.717, 1.165) is 50.1 Å². The Labute approximate surface area is 120 Å². The van der Waals surface area contributed by atoms with E-state index < -0.39 is 5.60 Å². The molecule has 0 aromatic heterocycles. The molecule has 0 bridgehead atoms. The number of para-hydroxylation sites is 1. The highest BCUT2D eigenvalue weighted by atomic mass is 16.5. The summed E-state index contributed by atoms with van der Waals surface area (Å²) in [6.45, 7) is 2.79. The summed E-state index contributed by atoms with van der Waals surface area (Å²) in [5.41, 5.74) is 6.16. The van der Waals surface area contributed by atoms with Crippen LogP contribution in [-0.4, -0.2) is 36.9 Å². The van der Waals surface area contributed by atoms with Crippen LogP contribution in [0.2, 0.25) is 0 Å². The predicted molar refractivity (Wildman–Crippen MR) is 78.8 cm³/mol. The van der Waals surface area contributed by atoms with Crippen molar-refractivity contribution >= 4 is 0 Å². The number of hydrogen-bond donors (Lipinski definition) is 3. The summed E-state index contributed by atoms with van der Waals surface area (Å²) in [6.07, 6.45) is 3.33. The van der Waals surface area contributed by atoms with Gasteiger partial charge in [-0.3, -0.25) is 0 Å². The lowest BCUT2D eigenvalue weighted by molar-refractivity contribution is -0.114. The van der Waals surface area contributed by atoms with Crippen molar-refractivity contribution in [3.8, 4) is 5.75 Å². The Bertz CT molecular complexity index is 469. The van der Waals surface area contributed by atoms with Crippen molar-refractivity contribution in [2.75, 3.05) is 26.2 Å². The number of aliphatic hydroxyl groups is 1. The minimum Gasteiger partial charge on any atom is -0.493 e. The second kappa shape index (κ2) is 5.35. The smallest absolute Gasteiger partial charge is 0.122 e. The van der Waals surface area contributed by atoms with Crippen LogP contribution in [-0.2, 0) is 6.42 Å². The normalized spacial score (nSPS) is 33.9. The summed E-state index contributed by atoms with van der Waals surface area (Å²) in [7, 11) is 0. The van der Waals surface area contributed by atoms with Crippen LogP contribution >= 0.6 is 0 Å². The summed E-state index contributed by atoms with van der Waals surface area (Å²) in [5.74, 6) is 0.937. The van der Waals surface area contributed by atoms with E-state index in [-0.39, 0.29) is 5.41 Å². The molecule has 1 fully saturated rings. The molecule has 2 aliphatic heterocycles. The number of benzene rings is 1. The van der Waals surface area contributed by atoms with Gasteiger partial charge in [-0.05, 0) is 50.4 Å². The van der Waals surface area contributed by atoms with Gasteiger partial charge in [0.15, 0.2) is 0 Å². The van der Waals surface area contributed by atoms with Gasteiger partial charge in [0.05, 0.1) is 12.2 Å². The third-order valence-corrected chi connectivity index (χ3v) is 5.04. The van der Waals surface area contributed by atoms with Gasteiger partial charge in [-0.25, -0.2) is 0 Å². The molecule has 4 N–H and O–H groups in total. The Balaban J connectivity index is 1.92. The maximum Gasteiger partial charge on any atom is 0.122 e. The van der Waals surface area contributed by atoms with E-state index in [0.29, 0.717) is 13.2 Å². The maximum atomic E-state index is 11.3. The molecular formula is C16H24N2O2. The SMILES string of the molecule is NCC1(C2(O)CCCNCC2)COc2ccccc2C1. The molecule has 0 radical (unpaired) electrons. The zero-order chi connectivity index (χ0) is 14.1. The van der Waals surface area contributed by atoms with Crippen molar-refractivity contribution < 1.29 is 9.84 Å². The maximum absolute atomic E-state index is 11.3. The van der Waals surface area contributed by atoms with Gasteiger partial charge in [-0.15, -0.1) is 0 Å². The van der Waals surface area contributed by atoms with E-state index in [9.17, 15) is 5.11 Å². The quantitative estimate of drug-likeness (QED) is 0.756. The number of nitrogens with two attached hydrogens (primary N) is 1. The standard InChI is InChI=1S/C16H24N2O2/c17-11-15(16(19)6-3-8-18-9-7-16)10-13-4-1-2-5-14(13)20-12-15/h1-2,4-5,18-19H,3,6-12,17H2. The van der Waals surface area contributed by atoms with E-state index in [1.54, 1.807) is 0 Å². The average Bonchev–Trinajstić information content (AvgIpc) is 2.72. The van der Waals surface area contributed by atoms with Gasteiger partial charge in [0.2, 0.25) is 0 Å². The Morgan fingerprint density at radius 3 is 2.95 bits per heavy atom. The van der Waals surface area contributed by atoms with Crippen LogP contribution in [0.5, 0.6) is 5.75 Å². The summed E-state index contributed by atoms with van der Waals surface area (Å²) in [6, 6.07) is 8.08. The molecule has 20 heavy (non-hydrogen) atoms. The fraction of sp³-hybridized carbons (Fsp3) is 0.625. The van der Waals surface area contributed by atoms with Crippen molar-refractivity contribution in [1.82, 2.24) is 5.32 Å². The Hall–Kier alpha value is -1.10. The average molecular weight is 276 g/mol. The van der Waals surface area contributed by atoms with Gasteiger partial charge < -0.3 is 20.9 Å². The first-order valence-corrected chi connectivity index (χ1v) is 7.53. The van der Waals surface area contributed by atoms with Gasteiger partial charge in [0.25, 0.3) is 0 Å². The second-order valence-electron chi connectivity index (χ2n) is 6.19. The van der Waals surface area contributed by atoms with Crippen molar-refractivity contribution in [2.24, 2.45) is 11.1 Å². The van der Waals surface area contributed by atoms with E-state index >= 15 is 0 Å². The van der Waals surface area contributed by atoms with Crippen molar-refractivity contribution in [3.63, 3.8) is 0 Å². The monoisotopic (exact) mass is 276 g/mol. The Kier molecular flexibility index (Phi) is 3.71. The first-order chi connectivity index (χ1) is 9.69. The van der Waals surface area contributed by atoms with Gasteiger partial charge in [0, 0.05) is 12.0 Å². The molecule has 4 nitrogen and oxygen atoms in total. The highest BCUT2D eigenvalue weighted by molar-refractivity contribution is 5.37. The molecule has 0 saturated carbocycles. The lowest BCUT2D eigenvalue weighted by Gasteiger charge is -2.48. The van der Waals surface area contributed by atoms with Crippen LogP contribution < -0.4 is 15.8 Å². The van der Waals surface area contributed by atoms with Crippen LogP contribution in [0.3, 0.4) is 0 Å². The molecule has 3 rings (SSSR count). The minimum absolute atomic E-state index is 0.368. The van der Waals surface area contributed by atoms with Crippen LogP contribution in [0.4, 0.5) is 0 Å². The molecule has 110 valence electrons. The van der Waals surface area contributed by atoms with E-state index in [1.165, 1.54) is 0 Å². The van der Waals surface area contributed by atoms with Crippen LogP contribution in [0.15, 0.2) is 24.3 Å². The lowest BCUT2D eigenvalue weighted by Crippen LogP contribution is -2.58. The van der Waals surface area contributed by atoms with E-state index in [2.05, 4.69) is 11.4 Å². The van der Waals surface area contributed by atoms with Gasteiger partial charge in [-0.1, -0.05) is 18.2 Å². The molecule has 2 atom stereocenters. The molecule has 2 aliphatic rings. The topological polar surface area (TPSA) is 67.5 Å². The number of hydrogen-bond acceptors (Lipinski definition) is 4. The largest absolute Gasteiger partial charge is 0.493 e. The molecule has 1 aromatic carbocycles. The fourth-order valence-electron chi connectivity index (χ4n) is 3.62. The molecule has 1 saturated heterocycles. The summed E-state index contributed by atoms with van der Waals surface area (Å²) in [4.78, 5) is 0. The molecule has 0 spiro atoms. The molecule has 2 heterocycles. The van der Waals surface area contributed by atoms with Crippen LogP contribution in [0.25, 0.3) is 0 Å². The van der Waals surface area contributed by atoms with E-state index in [4.69, 9.17) is 10.5 Å². The molecule has 2 unspecified atom stereocenters. The number of rotatable bonds is 2. The summed E-state index contributed by atoms with van der Waals surface area (Å²) < 4.78 is 5.93. The summed E-state index contributed by atoms with van der Waals surface area (Å²) in [5, 5.41) is 14.6. The number of fused-ring (bicyclic) bond motifs is 1. The number of ether oxygens (including phenoxy) is 1. The highest BCUT2D eigenvalue weighted by Crippen LogP contribution is 2.45. The zero-order valence-electron chi connectivity index (χ0n) is 11.9. The van der Waals surface area contributed by atoms with E-state index in [1.807, 2.05) is 18.2 Å². The first-order valence-electron chi connectivity index (χ1n) is 7.53. The van der Waals surface area contributed by atoms with Crippen molar-refractivity contribution in [3.05, 3.63) is 29.8 Å². The Morgan fingerprint density at radius 2 is 2.10 bits per heavy atom. The van der Waals surface area contributed by atoms with Gasteiger partial charge in [-0.2, -0.15) is 0 Å². The zero-order valence-corrected chi connectivity index (χ0v) is 11.9. The summed E-state index contributed by atoms with van der Waals surface area (Å²) >= 11 is 0. The van der Waals surface area contributed by atoms with Gasteiger partial charge in [0.1, 0.15) is 5.75 Å². The van der Waals surface area contributed by atoms with Crippen LogP contribution in [0.1, 0.15) is 24.8 Å². The fourth-order valence-corrected chi connectivity index (χ4v) is 3.62. The Morgan fingerprint density at radius 1 is 1.25 bits per heavy atom. The van der Waals surface area contributed by atoms with Crippen molar-refractivity contribution in [2.45, 2.75) is 31.3 Å². The lowest BCUT2D eigenvalue weighted by atomic mass is 9.64. The molecule has 0 amide bonds. The number of nitrogens with one attached hydrogen (secondary N) is 1. The predicted octanol–water partition coefficient (Wildman–Crippen LogP) is 1.07. The van der Waals surface area contributed by atoms with Gasteiger partial charge >= 0.3 is 0 Å². The van der Waals surface area contributed by atoms with Crippen molar-refractivity contribution in [1.29, 1.82) is 0 Å². The van der Waals surface area contributed by atoms with Crippen LogP contribution in [0, 0.1) is 5.41 Å².